The van der Waals surface area contributed by atoms with Gasteiger partial charge in [0.25, 0.3) is 0 Å². The van der Waals surface area contributed by atoms with Gasteiger partial charge in [-0.15, -0.1) is 0 Å². The third kappa shape index (κ3) is 5.56. The zero-order valence-electron chi connectivity index (χ0n) is 10.5. The molecule has 1 aliphatic rings. The fraction of sp³-hybridized carbons (Fsp3) is 0.833. The fourth-order valence-corrected chi connectivity index (χ4v) is 1.76. The maximum absolute atomic E-state index is 11.6. The van der Waals surface area contributed by atoms with E-state index in [1.807, 2.05) is 11.8 Å². The Balaban J connectivity index is 2.02. The predicted molar refractivity (Wildman–Crippen MR) is 64.7 cm³/mol. The molecular formula is C12H22N2O3. The summed E-state index contributed by atoms with van der Waals surface area (Å²) in [6.07, 6.45) is 4.01. The van der Waals surface area contributed by atoms with Crippen LogP contribution in [-0.4, -0.2) is 43.1 Å². The van der Waals surface area contributed by atoms with Gasteiger partial charge in [0.2, 0.25) is 5.91 Å². The van der Waals surface area contributed by atoms with Crippen molar-refractivity contribution in [2.45, 2.75) is 39.0 Å². The second kappa shape index (κ2) is 7.92. The Morgan fingerprint density at radius 3 is 2.65 bits per heavy atom. The van der Waals surface area contributed by atoms with Gasteiger partial charge in [-0.05, 0) is 19.3 Å². The second-order valence-electron chi connectivity index (χ2n) is 4.25. The van der Waals surface area contributed by atoms with Crippen LogP contribution < -0.4 is 5.32 Å². The van der Waals surface area contributed by atoms with Gasteiger partial charge in [-0.3, -0.25) is 4.79 Å². The summed E-state index contributed by atoms with van der Waals surface area (Å²) in [6.45, 7) is 4.57. The van der Waals surface area contributed by atoms with Crippen molar-refractivity contribution in [2.24, 2.45) is 0 Å². The molecule has 0 atom stereocenters. The van der Waals surface area contributed by atoms with E-state index in [0.29, 0.717) is 19.6 Å². The van der Waals surface area contributed by atoms with E-state index < -0.39 is 6.09 Å². The number of carbonyl (C=O) groups excluding carboxylic acids is 2. The molecule has 0 spiro atoms. The SMILES string of the molecule is CCCCOC(=O)NCCC(=O)N1CCCC1. The van der Waals surface area contributed by atoms with Gasteiger partial charge in [-0.1, -0.05) is 13.3 Å². The van der Waals surface area contributed by atoms with Crippen LogP contribution in [0.25, 0.3) is 0 Å². The van der Waals surface area contributed by atoms with Crippen LogP contribution in [-0.2, 0) is 9.53 Å². The lowest BCUT2D eigenvalue weighted by molar-refractivity contribution is -0.129. The molecule has 0 saturated carbocycles. The second-order valence-corrected chi connectivity index (χ2v) is 4.25. The van der Waals surface area contributed by atoms with Crippen LogP contribution in [0.4, 0.5) is 4.79 Å². The van der Waals surface area contributed by atoms with Crippen molar-refractivity contribution < 1.29 is 14.3 Å². The lowest BCUT2D eigenvalue weighted by Crippen LogP contribution is -2.33. The topological polar surface area (TPSA) is 58.6 Å². The number of likely N-dealkylation sites (tertiary alicyclic amines) is 1. The van der Waals surface area contributed by atoms with Gasteiger partial charge in [-0.2, -0.15) is 0 Å². The first-order valence-corrected chi connectivity index (χ1v) is 6.42. The van der Waals surface area contributed by atoms with E-state index in [-0.39, 0.29) is 5.91 Å². The minimum absolute atomic E-state index is 0.122. The predicted octanol–water partition coefficient (Wildman–Crippen LogP) is 1.53. The van der Waals surface area contributed by atoms with Crippen molar-refractivity contribution in [3.8, 4) is 0 Å². The van der Waals surface area contributed by atoms with Crippen molar-refractivity contribution in [1.82, 2.24) is 10.2 Å². The molecule has 0 radical (unpaired) electrons. The van der Waals surface area contributed by atoms with Gasteiger partial charge in [0.05, 0.1) is 6.61 Å². The zero-order chi connectivity index (χ0) is 12.5. The van der Waals surface area contributed by atoms with E-state index >= 15 is 0 Å². The summed E-state index contributed by atoms with van der Waals surface area (Å²) in [4.78, 5) is 24.6. The Kier molecular flexibility index (Phi) is 6.43. The van der Waals surface area contributed by atoms with E-state index in [1.165, 1.54) is 0 Å². The molecular weight excluding hydrogens is 220 g/mol. The van der Waals surface area contributed by atoms with Crippen molar-refractivity contribution >= 4 is 12.0 Å². The number of amides is 2. The van der Waals surface area contributed by atoms with Gasteiger partial charge >= 0.3 is 6.09 Å². The number of nitrogens with one attached hydrogen (secondary N) is 1. The first-order chi connectivity index (χ1) is 8.24. The Hall–Kier alpha value is -1.26. The minimum atomic E-state index is -0.423. The van der Waals surface area contributed by atoms with Gasteiger partial charge in [0, 0.05) is 26.1 Å². The lowest BCUT2D eigenvalue weighted by Gasteiger charge is -2.15. The molecule has 1 aliphatic heterocycles. The Morgan fingerprint density at radius 1 is 1.29 bits per heavy atom. The number of hydrogen-bond acceptors (Lipinski definition) is 3. The molecule has 98 valence electrons. The van der Waals surface area contributed by atoms with E-state index in [2.05, 4.69) is 5.32 Å². The highest BCUT2D eigenvalue weighted by molar-refractivity contribution is 5.77. The molecule has 5 nitrogen and oxygen atoms in total. The number of rotatable bonds is 6. The molecule has 0 aromatic carbocycles. The largest absolute Gasteiger partial charge is 0.450 e. The monoisotopic (exact) mass is 242 g/mol. The first-order valence-electron chi connectivity index (χ1n) is 6.42. The molecule has 1 N–H and O–H groups in total. The van der Waals surface area contributed by atoms with Gasteiger partial charge in [0.1, 0.15) is 0 Å². The summed E-state index contributed by atoms with van der Waals surface area (Å²) in [5, 5.41) is 2.59. The number of nitrogens with zero attached hydrogens (tertiary/aromatic N) is 1. The van der Waals surface area contributed by atoms with Gasteiger partial charge in [0.15, 0.2) is 0 Å². The standard InChI is InChI=1S/C12H22N2O3/c1-2-3-10-17-12(16)13-7-6-11(15)14-8-4-5-9-14/h2-10H2,1H3,(H,13,16). The van der Waals surface area contributed by atoms with Crippen molar-refractivity contribution in [3.05, 3.63) is 0 Å². The number of alkyl carbamates (subject to hydrolysis) is 1. The van der Waals surface area contributed by atoms with Crippen LogP contribution in [0.2, 0.25) is 0 Å². The Labute approximate surface area is 102 Å². The average molecular weight is 242 g/mol. The first kappa shape index (κ1) is 13.8. The summed E-state index contributed by atoms with van der Waals surface area (Å²) < 4.78 is 4.91. The van der Waals surface area contributed by atoms with Crippen LogP contribution in [0.5, 0.6) is 0 Å². The Morgan fingerprint density at radius 2 is 2.00 bits per heavy atom. The maximum Gasteiger partial charge on any atom is 0.407 e. The average Bonchev–Trinajstić information content (AvgIpc) is 2.82. The molecule has 0 bridgehead atoms. The number of ether oxygens (including phenoxy) is 1. The van der Waals surface area contributed by atoms with Crippen molar-refractivity contribution in [2.75, 3.05) is 26.2 Å². The van der Waals surface area contributed by atoms with Crippen molar-refractivity contribution in [3.63, 3.8) is 0 Å². The van der Waals surface area contributed by atoms with Crippen LogP contribution in [0.1, 0.15) is 39.0 Å². The van der Waals surface area contributed by atoms with Crippen LogP contribution in [0, 0.1) is 0 Å². The molecule has 5 heteroatoms. The maximum atomic E-state index is 11.6. The molecule has 0 aromatic heterocycles. The molecule has 1 rings (SSSR count). The minimum Gasteiger partial charge on any atom is -0.450 e. The fourth-order valence-electron chi connectivity index (χ4n) is 1.76. The molecule has 1 heterocycles. The van der Waals surface area contributed by atoms with Crippen molar-refractivity contribution in [1.29, 1.82) is 0 Å². The smallest absolute Gasteiger partial charge is 0.407 e. The zero-order valence-corrected chi connectivity index (χ0v) is 10.5. The highest BCUT2D eigenvalue weighted by Gasteiger charge is 2.17. The molecule has 0 aliphatic carbocycles. The number of hydrogen-bond donors (Lipinski definition) is 1. The summed E-state index contributed by atoms with van der Waals surface area (Å²) in [5.41, 5.74) is 0. The molecule has 17 heavy (non-hydrogen) atoms. The highest BCUT2D eigenvalue weighted by atomic mass is 16.5. The number of carbonyl (C=O) groups is 2. The van der Waals surface area contributed by atoms with Gasteiger partial charge < -0.3 is 15.0 Å². The van der Waals surface area contributed by atoms with Gasteiger partial charge in [-0.25, -0.2) is 4.79 Å². The van der Waals surface area contributed by atoms with E-state index in [1.54, 1.807) is 0 Å². The summed E-state index contributed by atoms with van der Waals surface area (Å²) in [5.74, 6) is 0.122. The van der Waals surface area contributed by atoms with Crippen LogP contribution in [0.15, 0.2) is 0 Å². The summed E-state index contributed by atoms with van der Waals surface area (Å²) >= 11 is 0. The molecule has 0 unspecified atom stereocenters. The molecule has 1 saturated heterocycles. The highest BCUT2D eigenvalue weighted by Crippen LogP contribution is 2.08. The lowest BCUT2D eigenvalue weighted by atomic mass is 10.3. The van der Waals surface area contributed by atoms with E-state index in [9.17, 15) is 9.59 Å². The van der Waals surface area contributed by atoms with E-state index in [4.69, 9.17) is 4.74 Å². The van der Waals surface area contributed by atoms with E-state index in [0.717, 1.165) is 38.8 Å². The summed E-state index contributed by atoms with van der Waals surface area (Å²) in [6, 6.07) is 0. The quantitative estimate of drug-likeness (QED) is 0.718. The normalized spacial score (nSPS) is 14.8. The summed E-state index contributed by atoms with van der Waals surface area (Å²) in [7, 11) is 0. The third-order valence-electron chi connectivity index (χ3n) is 2.80. The molecule has 0 aromatic rings. The molecule has 2 amide bonds. The molecule has 1 fully saturated rings. The Bertz CT molecular complexity index is 250. The number of unbranched alkanes of at least 4 members (excludes halogenated alkanes) is 1. The third-order valence-corrected chi connectivity index (χ3v) is 2.80. The van der Waals surface area contributed by atoms with Crippen LogP contribution in [0.3, 0.4) is 0 Å². The van der Waals surface area contributed by atoms with Crippen LogP contribution >= 0.6 is 0 Å².